The van der Waals surface area contributed by atoms with Crippen molar-refractivity contribution >= 4 is 27.6 Å². The summed E-state index contributed by atoms with van der Waals surface area (Å²) in [5.74, 6) is -1.17. The topological polar surface area (TPSA) is 256 Å². The minimum atomic E-state index is -5.30. The van der Waals surface area contributed by atoms with Gasteiger partial charge in [0.1, 0.15) is 43.2 Å². The predicted molar refractivity (Wildman–Crippen MR) is 246 cm³/mol. The summed E-state index contributed by atoms with van der Waals surface area (Å²) in [7, 11) is -10.6. The summed E-state index contributed by atoms with van der Waals surface area (Å²) >= 11 is 0. The summed E-state index contributed by atoms with van der Waals surface area (Å²) in [6.45, 7) is 3.17. The lowest BCUT2D eigenvalue weighted by atomic mass is 9.85. The molecule has 1 fully saturated rings. The van der Waals surface area contributed by atoms with Gasteiger partial charge in [-0.15, -0.1) is 0 Å². The monoisotopic (exact) mass is 961 g/mol. The molecule has 7 N–H and O–H groups in total. The van der Waals surface area contributed by atoms with Gasteiger partial charge in [-0.05, 0) is 12.8 Å². The Hall–Kier alpha value is -1.00. The van der Waals surface area contributed by atoms with E-state index in [-0.39, 0.29) is 12.8 Å². The van der Waals surface area contributed by atoms with Gasteiger partial charge in [-0.1, -0.05) is 200 Å². The van der Waals surface area contributed by atoms with Gasteiger partial charge in [0.05, 0.1) is 6.61 Å². The first-order valence-electron chi connectivity index (χ1n) is 25.1. The van der Waals surface area contributed by atoms with Crippen LogP contribution in [0.3, 0.4) is 0 Å². The van der Waals surface area contributed by atoms with Crippen LogP contribution >= 0.6 is 15.6 Å². The van der Waals surface area contributed by atoms with E-state index in [0.717, 1.165) is 51.4 Å². The van der Waals surface area contributed by atoms with E-state index in [9.17, 15) is 44.0 Å². The molecule has 1 aliphatic carbocycles. The number of rotatable bonds is 43. The molecular formula is C46H90O16P2. The van der Waals surface area contributed by atoms with Gasteiger partial charge < -0.3 is 44.6 Å². The Labute approximate surface area is 385 Å². The molecule has 0 aromatic heterocycles. The molecule has 0 spiro atoms. The van der Waals surface area contributed by atoms with E-state index in [1.807, 2.05) is 0 Å². The van der Waals surface area contributed by atoms with Crippen LogP contribution in [-0.4, -0.2) is 103 Å². The van der Waals surface area contributed by atoms with Crippen LogP contribution in [0.4, 0.5) is 0 Å². The molecule has 0 heterocycles. The molecule has 18 heteroatoms. The standard InChI is InChI=1S/C46H90O16P2/c1-3-5-7-9-11-13-15-17-19-20-21-23-25-27-29-31-33-35-40(48)60-38(36-58-39(47)34-32-30-28-26-24-22-18-16-14-12-10-8-6-4-2)37-59-64(56,57)62-46-43(51)41(49)45(42(50)44(46)52)61-63(53,54)55/h38,41-46,49-52H,3-37H2,1-2H3,(H,56,57)(H2,53,54,55)/t38-,41-,42+,43-,44-,45?,46?/m1/s1. The first-order valence-corrected chi connectivity index (χ1v) is 28.1. The van der Waals surface area contributed by atoms with E-state index in [2.05, 4.69) is 18.4 Å². The second-order valence-corrected chi connectivity index (χ2v) is 20.5. The van der Waals surface area contributed by atoms with E-state index >= 15 is 0 Å². The molecule has 380 valence electrons. The molecule has 0 bridgehead atoms. The van der Waals surface area contributed by atoms with Gasteiger partial charge in [-0.2, -0.15) is 0 Å². The molecular weight excluding hydrogens is 870 g/mol. The van der Waals surface area contributed by atoms with Gasteiger partial charge in [-0.3, -0.25) is 23.2 Å². The number of hydrogen-bond acceptors (Lipinski definition) is 13. The van der Waals surface area contributed by atoms with Crippen molar-refractivity contribution in [3.63, 3.8) is 0 Å². The lowest BCUT2D eigenvalue weighted by Crippen LogP contribution is -2.64. The Morgan fingerprint density at radius 3 is 1.06 bits per heavy atom. The average molecular weight is 961 g/mol. The minimum Gasteiger partial charge on any atom is -0.462 e. The molecule has 16 nitrogen and oxygen atoms in total. The summed E-state index contributed by atoms with van der Waals surface area (Å²) in [5, 5.41) is 41.5. The number of aliphatic hydroxyl groups is 4. The van der Waals surface area contributed by atoms with Crippen LogP contribution in [0.25, 0.3) is 0 Å². The van der Waals surface area contributed by atoms with Crippen molar-refractivity contribution in [2.24, 2.45) is 0 Å². The maximum Gasteiger partial charge on any atom is 0.472 e. The SMILES string of the molecule is CCCCCCCCCCCCCCCCCCCC(=O)O[C@H](COC(=O)CCCCCCCCCCCCCCCC)COP(=O)(O)OC1[C@H](O)[C@H](O)C(OP(=O)(O)O)[C@H](O)[C@H]1O. The van der Waals surface area contributed by atoms with Crippen LogP contribution < -0.4 is 0 Å². The van der Waals surface area contributed by atoms with Crippen LogP contribution in [0.1, 0.15) is 226 Å². The third kappa shape index (κ3) is 31.9. The molecule has 0 aliphatic heterocycles. The summed E-state index contributed by atoms with van der Waals surface area (Å²) in [5.41, 5.74) is 0. The summed E-state index contributed by atoms with van der Waals surface area (Å²) in [6, 6.07) is 0. The van der Waals surface area contributed by atoms with Crippen molar-refractivity contribution in [1.29, 1.82) is 0 Å². The highest BCUT2D eigenvalue weighted by molar-refractivity contribution is 7.47. The van der Waals surface area contributed by atoms with Crippen LogP contribution in [0.5, 0.6) is 0 Å². The molecule has 0 saturated heterocycles. The zero-order valence-electron chi connectivity index (χ0n) is 39.5. The molecule has 1 saturated carbocycles. The summed E-state index contributed by atoms with van der Waals surface area (Å²) < 4.78 is 49.2. The quantitative estimate of drug-likeness (QED) is 0.0170. The predicted octanol–water partition coefficient (Wildman–Crippen LogP) is 9.79. The zero-order chi connectivity index (χ0) is 47.5. The van der Waals surface area contributed by atoms with Crippen molar-refractivity contribution < 1.29 is 76.9 Å². The van der Waals surface area contributed by atoms with Crippen LogP contribution in [0.15, 0.2) is 0 Å². The van der Waals surface area contributed by atoms with Gasteiger partial charge in [0.25, 0.3) is 0 Å². The molecule has 8 atom stereocenters. The molecule has 3 unspecified atom stereocenters. The third-order valence-electron chi connectivity index (χ3n) is 11.9. The van der Waals surface area contributed by atoms with Crippen molar-refractivity contribution in [3.8, 4) is 0 Å². The average Bonchev–Trinajstić information content (AvgIpc) is 3.25. The van der Waals surface area contributed by atoms with E-state index in [4.69, 9.17) is 28.3 Å². The summed E-state index contributed by atoms with van der Waals surface area (Å²) in [4.78, 5) is 54.1. The van der Waals surface area contributed by atoms with Gasteiger partial charge in [-0.25, -0.2) is 9.13 Å². The molecule has 1 aliphatic rings. The number of aliphatic hydroxyl groups excluding tert-OH is 4. The third-order valence-corrected chi connectivity index (χ3v) is 13.4. The van der Waals surface area contributed by atoms with Crippen LogP contribution in [0, 0.1) is 0 Å². The number of esters is 2. The van der Waals surface area contributed by atoms with Gasteiger partial charge >= 0.3 is 27.6 Å². The number of hydrogen-bond donors (Lipinski definition) is 7. The lowest BCUT2D eigenvalue weighted by Gasteiger charge is -2.43. The number of phosphoric ester groups is 2. The maximum absolute atomic E-state index is 13.0. The molecule has 0 radical (unpaired) electrons. The fourth-order valence-corrected chi connectivity index (χ4v) is 9.57. The number of ether oxygens (including phenoxy) is 2. The Morgan fingerprint density at radius 1 is 0.438 bits per heavy atom. The van der Waals surface area contributed by atoms with Crippen LogP contribution in [-0.2, 0) is 41.8 Å². The fraction of sp³-hybridized carbons (Fsp3) is 0.957. The van der Waals surface area contributed by atoms with Gasteiger partial charge in [0.2, 0.25) is 0 Å². The maximum atomic E-state index is 13.0. The normalized spacial score (nSPS) is 21.7. The van der Waals surface area contributed by atoms with E-state index < -0.39 is 83.5 Å². The number of carbonyl (C=O) groups excluding carboxylic acids is 2. The molecule has 64 heavy (non-hydrogen) atoms. The summed E-state index contributed by atoms with van der Waals surface area (Å²) in [6.07, 6.45) is 22.0. The second-order valence-electron chi connectivity index (χ2n) is 17.9. The molecule has 0 aromatic carbocycles. The van der Waals surface area contributed by atoms with E-state index in [0.29, 0.717) is 12.8 Å². The van der Waals surface area contributed by atoms with Crippen molar-refractivity contribution in [3.05, 3.63) is 0 Å². The molecule has 0 amide bonds. The lowest BCUT2D eigenvalue weighted by molar-refractivity contribution is -0.216. The van der Waals surface area contributed by atoms with Gasteiger partial charge in [0, 0.05) is 12.8 Å². The fourth-order valence-electron chi connectivity index (χ4n) is 8.03. The zero-order valence-corrected chi connectivity index (χ0v) is 41.3. The number of phosphoric acid groups is 2. The van der Waals surface area contributed by atoms with Crippen molar-refractivity contribution in [1.82, 2.24) is 0 Å². The first kappa shape index (κ1) is 61.0. The number of carbonyl (C=O) groups is 2. The first-order chi connectivity index (χ1) is 30.6. The Morgan fingerprint density at radius 2 is 0.734 bits per heavy atom. The van der Waals surface area contributed by atoms with E-state index in [1.165, 1.54) is 135 Å². The minimum absolute atomic E-state index is 0.0590. The molecule has 1 rings (SSSR count). The number of unbranched alkanes of at least 4 members (excludes halogenated alkanes) is 29. The highest BCUT2D eigenvalue weighted by Gasteiger charge is 2.54. The largest absolute Gasteiger partial charge is 0.472 e. The Bertz CT molecular complexity index is 1240. The van der Waals surface area contributed by atoms with Crippen LogP contribution in [0.2, 0.25) is 0 Å². The van der Waals surface area contributed by atoms with Crippen molar-refractivity contribution in [2.45, 2.75) is 268 Å². The highest BCUT2D eigenvalue weighted by Crippen LogP contribution is 2.48. The second kappa shape index (κ2) is 37.9. The van der Waals surface area contributed by atoms with Gasteiger partial charge in [0.15, 0.2) is 6.10 Å². The Balaban J connectivity index is 2.53. The molecule has 0 aromatic rings. The Kier molecular flexibility index (Phi) is 36.2. The smallest absolute Gasteiger partial charge is 0.462 e. The van der Waals surface area contributed by atoms with E-state index in [1.54, 1.807) is 0 Å². The highest BCUT2D eigenvalue weighted by atomic mass is 31.2. The van der Waals surface area contributed by atoms with Crippen molar-refractivity contribution in [2.75, 3.05) is 13.2 Å².